The first-order chi connectivity index (χ1) is 8.42. The molecule has 6 heteroatoms. The van der Waals surface area contributed by atoms with Crippen LogP contribution in [0.2, 0.25) is 5.02 Å². The summed E-state index contributed by atoms with van der Waals surface area (Å²) in [5, 5.41) is 9.23. The molecule has 0 unspecified atom stereocenters. The lowest BCUT2D eigenvalue weighted by molar-refractivity contribution is 0.0638. The van der Waals surface area contributed by atoms with Gasteiger partial charge < -0.3 is 14.7 Å². The Morgan fingerprint density at radius 3 is 2.89 bits per heavy atom. The minimum Gasteiger partial charge on any atom is -0.478 e. The fourth-order valence-corrected chi connectivity index (χ4v) is 2.27. The molecule has 2 rings (SSSR count). The number of anilines is 1. The van der Waals surface area contributed by atoms with Crippen LogP contribution in [0, 0.1) is 0 Å². The molecule has 0 spiro atoms. The monoisotopic (exact) mass is 270 g/mol. The number of pyridine rings is 1. The molecule has 0 aromatic carbocycles. The van der Waals surface area contributed by atoms with Crippen LogP contribution in [0.1, 0.15) is 24.2 Å². The number of ether oxygens (including phenoxy) is 1. The standard InChI is InChI=1S/C12H15ClN2O3/c1-12(2)7-18-4-3-15(12)10-9(13)5-8(6-14-10)11(16)17/h5-6H,3-4,7H2,1-2H3,(H,16,17). The first kappa shape index (κ1) is 13.1. The van der Waals surface area contributed by atoms with Crippen LogP contribution in [0.4, 0.5) is 5.82 Å². The molecule has 0 saturated carbocycles. The second kappa shape index (κ2) is 4.74. The number of carboxylic acids is 1. The second-order valence-corrected chi connectivity index (χ2v) is 5.26. The maximum atomic E-state index is 10.8. The van der Waals surface area contributed by atoms with Crippen molar-refractivity contribution in [3.05, 3.63) is 22.8 Å². The van der Waals surface area contributed by atoms with Gasteiger partial charge in [-0.25, -0.2) is 9.78 Å². The average molecular weight is 271 g/mol. The van der Waals surface area contributed by atoms with E-state index in [1.807, 2.05) is 18.7 Å². The third-order valence-electron chi connectivity index (χ3n) is 2.97. The van der Waals surface area contributed by atoms with E-state index in [1.165, 1.54) is 12.3 Å². The van der Waals surface area contributed by atoms with E-state index in [2.05, 4.69) is 4.98 Å². The summed E-state index contributed by atoms with van der Waals surface area (Å²) in [6.45, 7) is 5.96. The van der Waals surface area contributed by atoms with Crippen molar-refractivity contribution in [2.24, 2.45) is 0 Å². The van der Waals surface area contributed by atoms with E-state index in [9.17, 15) is 4.79 Å². The van der Waals surface area contributed by atoms with Gasteiger partial charge in [-0.1, -0.05) is 11.6 Å². The molecule has 0 amide bonds. The molecule has 1 fully saturated rings. The predicted octanol–water partition coefficient (Wildman–Crippen LogP) is 2.05. The third kappa shape index (κ3) is 2.42. The van der Waals surface area contributed by atoms with Gasteiger partial charge in [0.1, 0.15) is 5.82 Å². The zero-order valence-corrected chi connectivity index (χ0v) is 11.1. The fourth-order valence-electron chi connectivity index (χ4n) is 2.00. The Kier molecular flexibility index (Phi) is 3.45. The molecule has 2 heterocycles. The zero-order valence-electron chi connectivity index (χ0n) is 10.3. The summed E-state index contributed by atoms with van der Waals surface area (Å²) in [7, 11) is 0. The van der Waals surface area contributed by atoms with Crippen LogP contribution in [-0.2, 0) is 4.74 Å². The smallest absolute Gasteiger partial charge is 0.337 e. The topological polar surface area (TPSA) is 62.7 Å². The largest absolute Gasteiger partial charge is 0.478 e. The highest BCUT2D eigenvalue weighted by Gasteiger charge is 2.32. The molecule has 98 valence electrons. The van der Waals surface area contributed by atoms with E-state index in [-0.39, 0.29) is 11.1 Å². The summed E-state index contributed by atoms with van der Waals surface area (Å²) in [6, 6.07) is 1.43. The molecular weight excluding hydrogens is 256 g/mol. The maximum Gasteiger partial charge on any atom is 0.337 e. The Balaban J connectivity index is 2.36. The molecule has 1 aliphatic rings. The SMILES string of the molecule is CC1(C)COCCN1c1ncc(C(=O)O)cc1Cl. The summed E-state index contributed by atoms with van der Waals surface area (Å²) in [5.74, 6) is -0.424. The Hall–Kier alpha value is -1.33. The van der Waals surface area contributed by atoms with Gasteiger partial charge in [0.2, 0.25) is 0 Å². The number of aromatic nitrogens is 1. The lowest BCUT2D eigenvalue weighted by atomic mass is 10.0. The van der Waals surface area contributed by atoms with Crippen LogP contribution in [0.15, 0.2) is 12.3 Å². The number of carboxylic acid groups (broad SMARTS) is 1. The van der Waals surface area contributed by atoms with Crippen molar-refractivity contribution in [2.75, 3.05) is 24.7 Å². The lowest BCUT2D eigenvalue weighted by Gasteiger charge is -2.43. The number of carbonyl (C=O) groups is 1. The van der Waals surface area contributed by atoms with E-state index in [0.717, 1.165) is 0 Å². The van der Waals surface area contributed by atoms with Crippen molar-refractivity contribution in [1.29, 1.82) is 0 Å². The molecule has 0 aliphatic carbocycles. The van der Waals surface area contributed by atoms with Crippen LogP contribution >= 0.6 is 11.6 Å². The summed E-state index contributed by atoms with van der Waals surface area (Å²) in [6.07, 6.45) is 1.33. The molecule has 5 nitrogen and oxygen atoms in total. The van der Waals surface area contributed by atoms with Gasteiger partial charge in [-0.2, -0.15) is 0 Å². The van der Waals surface area contributed by atoms with Crippen molar-refractivity contribution < 1.29 is 14.6 Å². The highest BCUT2D eigenvalue weighted by molar-refractivity contribution is 6.33. The Morgan fingerprint density at radius 2 is 2.33 bits per heavy atom. The van der Waals surface area contributed by atoms with Gasteiger partial charge in [0, 0.05) is 12.7 Å². The molecule has 1 saturated heterocycles. The minimum absolute atomic E-state index is 0.0924. The van der Waals surface area contributed by atoms with Crippen molar-refractivity contribution in [2.45, 2.75) is 19.4 Å². The van der Waals surface area contributed by atoms with Gasteiger partial charge in [-0.3, -0.25) is 0 Å². The summed E-state index contributed by atoms with van der Waals surface area (Å²) in [4.78, 5) is 17.1. The number of halogens is 1. The highest BCUT2D eigenvalue weighted by atomic mass is 35.5. The van der Waals surface area contributed by atoms with Crippen LogP contribution in [0.3, 0.4) is 0 Å². The minimum atomic E-state index is -1.03. The van der Waals surface area contributed by atoms with Gasteiger partial charge in [0.05, 0.1) is 29.3 Å². The second-order valence-electron chi connectivity index (χ2n) is 4.85. The molecule has 0 radical (unpaired) electrons. The summed E-state index contributed by atoms with van der Waals surface area (Å²) in [5.41, 5.74) is -0.116. The Morgan fingerprint density at radius 1 is 1.61 bits per heavy atom. The summed E-state index contributed by atoms with van der Waals surface area (Å²) >= 11 is 6.13. The van der Waals surface area contributed by atoms with E-state index in [1.54, 1.807) is 0 Å². The molecule has 1 aromatic heterocycles. The molecule has 0 bridgehead atoms. The van der Waals surface area contributed by atoms with Crippen LogP contribution in [0.5, 0.6) is 0 Å². The first-order valence-corrected chi connectivity index (χ1v) is 6.04. The molecule has 1 aromatic rings. The number of morpholine rings is 1. The summed E-state index contributed by atoms with van der Waals surface area (Å²) < 4.78 is 5.43. The first-order valence-electron chi connectivity index (χ1n) is 5.66. The quantitative estimate of drug-likeness (QED) is 0.891. The van der Waals surface area contributed by atoms with Gasteiger partial charge in [0.25, 0.3) is 0 Å². The maximum absolute atomic E-state index is 10.8. The number of rotatable bonds is 2. The van der Waals surface area contributed by atoms with Crippen molar-refractivity contribution in [3.63, 3.8) is 0 Å². The predicted molar refractivity (Wildman–Crippen MR) is 68.5 cm³/mol. The Bertz CT molecular complexity index is 476. The zero-order chi connectivity index (χ0) is 13.3. The van der Waals surface area contributed by atoms with Crippen LogP contribution in [0.25, 0.3) is 0 Å². The van der Waals surface area contributed by atoms with Crippen LogP contribution in [-0.4, -0.2) is 41.4 Å². The number of hydrogen-bond donors (Lipinski definition) is 1. The van der Waals surface area contributed by atoms with E-state index >= 15 is 0 Å². The molecule has 0 atom stereocenters. The van der Waals surface area contributed by atoms with E-state index < -0.39 is 5.97 Å². The fraction of sp³-hybridized carbons (Fsp3) is 0.500. The van der Waals surface area contributed by atoms with Crippen LogP contribution < -0.4 is 4.90 Å². The normalized spacial score (nSPS) is 18.7. The van der Waals surface area contributed by atoms with Gasteiger partial charge in [-0.05, 0) is 19.9 Å². The highest BCUT2D eigenvalue weighted by Crippen LogP contribution is 2.31. The van der Waals surface area contributed by atoms with Gasteiger partial charge in [0.15, 0.2) is 0 Å². The molecule has 1 aliphatic heterocycles. The molecular formula is C12H15ClN2O3. The number of hydrogen-bond acceptors (Lipinski definition) is 4. The Labute approximate surface area is 110 Å². The third-order valence-corrected chi connectivity index (χ3v) is 3.25. The van der Waals surface area contributed by atoms with Crippen molar-refractivity contribution in [1.82, 2.24) is 4.98 Å². The van der Waals surface area contributed by atoms with Crippen molar-refractivity contribution >= 4 is 23.4 Å². The van der Waals surface area contributed by atoms with E-state index in [4.69, 9.17) is 21.4 Å². The van der Waals surface area contributed by atoms with Gasteiger partial charge >= 0.3 is 5.97 Å². The van der Waals surface area contributed by atoms with Gasteiger partial charge in [-0.15, -0.1) is 0 Å². The number of nitrogens with zero attached hydrogens (tertiary/aromatic N) is 2. The molecule has 18 heavy (non-hydrogen) atoms. The number of aromatic carboxylic acids is 1. The van der Waals surface area contributed by atoms with Crippen molar-refractivity contribution in [3.8, 4) is 0 Å². The average Bonchev–Trinajstić information content (AvgIpc) is 2.29. The lowest BCUT2D eigenvalue weighted by Crippen LogP contribution is -2.53. The molecule has 1 N–H and O–H groups in total. The van der Waals surface area contributed by atoms with E-state index in [0.29, 0.717) is 30.6 Å².